The molecule has 48 valence electrons. The van der Waals surface area contributed by atoms with Crippen molar-refractivity contribution in [3.63, 3.8) is 0 Å². The molecule has 0 nitrogen and oxygen atoms in total. The Morgan fingerprint density at radius 1 is 1.11 bits per heavy atom. The second-order valence-corrected chi connectivity index (χ2v) is 2.90. The minimum atomic E-state index is 1.33. The van der Waals surface area contributed by atoms with Crippen LogP contribution in [0.4, 0.5) is 0 Å². The highest BCUT2D eigenvalue weighted by atomic mass is 32.2. The van der Waals surface area contributed by atoms with Crippen molar-refractivity contribution < 1.29 is 0 Å². The fourth-order valence-corrected chi connectivity index (χ4v) is 1.08. The summed E-state index contributed by atoms with van der Waals surface area (Å²) in [4.78, 5) is 1.33. The monoisotopic (exact) mass is 138 g/mol. The van der Waals surface area contributed by atoms with Crippen LogP contribution in [0.2, 0.25) is 0 Å². The van der Waals surface area contributed by atoms with Gasteiger partial charge < -0.3 is 0 Å². The molecule has 0 radical (unpaired) electrons. The maximum atomic E-state index is 2.14. The maximum Gasteiger partial charge on any atom is 0.00693 e. The second-order valence-electron chi connectivity index (χ2n) is 2.02. The van der Waals surface area contributed by atoms with Gasteiger partial charge in [-0.25, -0.2) is 0 Å². The first-order valence-electron chi connectivity index (χ1n) is 2.93. The van der Waals surface area contributed by atoms with Crippen LogP contribution in [0.1, 0.15) is 5.56 Å². The number of aryl methyl sites for hydroxylation is 1. The number of hydrogen-bond donors (Lipinski definition) is 0. The molecule has 0 amide bonds. The van der Waals surface area contributed by atoms with E-state index in [1.807, 2.05) is 0 Å². The molecule has 0 N–H and O–H groups in total. The minimum Gasteiger partial charge on any atom is -0.130 e. The Labute approximate surface area is 60.3 Å². The summed E-state index contributed by atoms with van der Waals surface area (Å²) in [6.07, 6.45) is 2.09. The highest BCUT2D eigenvalue weighted by Crippen LogP contribution is 2.13. The lowest BCUT2D eigenvalue weighted by molar-refractivity contribution is 1.38. The van der Waals surface area contributed by atoms with E-state index in [0.717, 1.165) is 0 Å². The van der Waals surface area contributed by atoms with Crippen molar-refractivity contribution in [2.75, 3.05) is 6.26 Å². The van der Waals surface area contributed by atoms with E-state index in [1.165, 1.54) is 10.5 Å². The predicted molar refractivity (Wildman–Crippen MR) is 43.0 cm³/mol. The molecule has 0 aliphatic heterocycles. The molecule has 9 heavy (non-hydrogen) atoms. The fraction of sp³-hybridized carbons (Fsp3) is 0.250. The summed E-state index contributed by atoms with van der Waals surface area (Å²) in [6, 6.07) is 8.54. The summed E-state index contributed by atoms with van der Waals surface area (Å²) < 4.78 is 0. The van der Waals surface area contributed by atoms with Gasteiger partial charge in [0.25, 0.3) is 0 Å². The number of thioether (sulfide) groups is 1. The van der Waals surface area contributed by atoms with Gasteiger partial charge in [0.2, 0.25) is 0 Å². The fourth-order valence-electron chi connectivity index (χ4n) is 0.674. The molecule has 1 rings (SSSR count). The van der Waals surface area contributed by atoms with Gasteiger partial charge in [0.15, 0.2) is 0 Å². The molecular weight excluding hydrogens is 128 g/mol. The van der Waals surface area contributed by atoms with Crippen LogP contribution in [-0.4, -0.2) is 6.26 Å². The highest BCUT2D eigenvalue weighted by Gasteiger charge is 1.85. The van der Waals surface area contributed by atoms with E-state index in [-0.39, 0.29) is 0 Å². The molecule has 0 aliphatic carbocycles. The van der Waals surface area contributed by atoms with Crippen LogP contribution in [0.3, 0.4) is 0 Å². The molecule has 1 heteroatoms. The largest absolute Gasteiger partial charge is 0.130 e. The summed E-state index contributed by atoms with van der Waals surface area (Å²) in [5, 5.41) is 0. The molecule has 0 heterocycles. The first-order valence-corrected chi connectivity index (χ1v) is 4.16. The zero-order valence-electron chi connectivity index (χ0n) is 5.72. The minimum absolute atomic E-state index is 1.33. The van der Waals surface area contributed by atoms with Crippen molar-refractivity contribution in [3.8, 4) is 0 Å². The summed E-state index contributed by atoms with van der Waals surface area (Å²) in [7, 11) is 0. The standard InChI is InChI=1S/C8H10S/c1-7-3-5-8(9-2)6-4-7/h3-6H,1-2H3. The Bertz CT molecular complexity index is 176. The summed E-state index contributed by atoms with van der Waals surface area (Å²) in [5.74, 6) is 0. The van der Waals surface area contributed by atoms with E-state index >= 15 is 0 Å². The molecule has 1 aromatic rings. The Morgan fingerprint density at radius 2 is 1.67 bits per heavy atom. The van der Waals surface area contributed by atoms with Crippen molar-refractivity contribution in [1.82, 2.24) is 0 Å². The molecule has 0 aliphatic rings. The molecule has 0 atom stereocenters. The van der Waals surface area contributed by atoms with Crippen molar-refractivity contribution in [1.29, 1.82) is 0 Å². The molecule has 0 spiro atoms. The van der Waals surface area contributed by atoms with Gasteiger partial charge >= 0.3 is 0 Å². The van der Waals surface area contributed by atoms with Crippen LogP contribution >= 0.6 is 11.8 Å². The predicted octanol–water partition coefficient (Wildman–Crippen LogP) is 2.72. The SMILES string of the molecule is CSc1ccc(C)cc1. The lowest BCUT2D eigenvalue weighted by atomic mass is 10.2. The van der Waals surface area contributed by atoms with Crippen molar-refractivity contribution in [3.05, 3.63) is 29.8 Å². The molecule has 0 unspecified atom stereocenters. The Kier molecular flexibility index (Phi) is 2.17. The first kappa shape index (κ1) is 6.69. The van der Waals surface area contributed by atoms with E-state index in [1.54, 1.807) is 11.8 Å². The Balaban J connectivity index is 2.88. The molecule has 0 bridgehead atoms. The quantitative estimate of drug-likeness (QED) is 0.538. The number of rotatable bonds is 1. The third kappa shape index (κ3) is 1.75. The summed E-state index contributed by atoms with van der Waals surface area (Å²) in [6.45, 7) is 2.10. The lowest BCUT2D eigenvalue weighted by Gasteiger charge is -1.93. The van der Waals surface area contributed by atoms with Crippen LogP contribution in [0.25, 0.3) is 0 Å². The van der Waals surface area contributed by atoms with Gasteiger partial charge in [-0.2, -0.15) is 0 Å². The van der Waals surface area contributed by atoms with Gasteiger partial charge in [0.1, 0.15) is 0 Å². The Morgan fingerprint density at radius 3 is 2.11 bits per heavy atom. The number of benzene rings is 1. The van der Waals surface area contributed by atoms with Crippen LogP contribution in [0, 0.1) is 6.92 Å². The van der Waals surface area contributed by atoms with E-state index < -0.39 is 0 Å². The zero-order chi connectivity index (χ0) is 6.69. The van der Waals surface area contributed by atoms with Crippen LogP contribution < -0.4 is 0 Å². The van der Waals surface area contributed by atoms with Crippen LogP contribution in [0.5, 0.6) is 0 Å². The number of hydrogen-bond acceptors (Lipinski definition) is 1. The highest BCUT2D eigenvalue weighted by molar-refractivity contribution is 7.98. The van der Waals surface area contributed by atoms with Crippen molar-refractivity contribution in [2.24, 2.45) is 0 Å². The Hall–Kier alpha value is -0.430. The van der Waals surface area contributed by atoms with Crippen molar-refractivity contribution in [2.45, 2.75) is 11.8 Å². The van der Waals surface area contributed by atoms with E-state index in [4.69, 9.17) is 0 Å². The molecule has 1 aromatic carbocycles. The van der Waals surface area contributed by atoms with E-state index in [2.05, 4.69) is 37.4 Å². The third-order valence-corrected chi connectivity index (χ3v) is 2.00. The summed E-state index contributed by atoms with van der Waals surface area (Å²) in [5.41, 5.74) is 1.33. The van der Waals surface area contributed by atoms with Gasteiger partial charge in [-0.1, -0.05) is 17.7 Å². The molecule has 0 saturated carbocycles. The maximum absolute atomic E-state index is 2.14. The van der Waals surface area contributed by atoms with Crippen LogP contribution in [-0.2, 0) is 0 Å². The van der Waals surface area contributed by atoms with Gasteiger partial charge in [-0.05, 0) is 25.3 Å². The molecule has 0 aromatic heterocycles. The topological polar surface area (TPSA) is 0 Å². The van der Waals surface area contributed by atoms with Gasteiger partial charge in [0.05, 0.1) is 0 Å². The zero-order valence-corrected chi connectivity index (χ0v) is 6.53. The smallest absolute Gasteiger partial charge is 0.00693 e. The normalized spacial score (nSPS) is 9.56. The van der Waals surface area contributed by atoms with E-state index in [0.29, 0.717) is 0 Å². The van der Waals surface area contributed by atoms with Gasteiger partial charge in [-0.3, -0.25) is 0 Å². The average molecular weight is 138 g/mol. The first-order chi connectivity index (χ1) is 4.33. The molecule has 0 saturated heterocycles. The third-order valence-electron chi connectivity index (χ3n) is 1.26. The molecule has 0 fully saturated rings. The van der Waals surface area contributed by atoms with Gasteiger partial charge in [-0.15, -0.1) is 11.8 Å². The average Bonchev–Trinajstić information content (AvgIpc) is 1.90. The van der Waals surface area contributed by atoms with Crippen molar-refractivity contribution >= 4 is 11.8 Å². The van der Waals surface area contributed by atoms with Gasteiger partial charge in [0, 0.05) is 4.90 Å². The second kappa shape index (κ2) is 2.92. The lowest BCUT2D eigenvalue weighted by Crippen LogP contribution is -1.70. The van der Waals surface area contributed by atoms with Crippen LogP contribution in [0.15, 0.2) is 29.2 Å². The van der Waals surface area contributed by atoms with E-state index in [9.17, 15) is 0 Å². The molecular formula is C8H10S. The summed E-state index contributed by atoms with van der Waals surface area (Å²) >= 11 is 1.78.